The predicted octanol–water partition coefficient (Wildman–Crippen LogP) is 2.60. The molecule has 0 bridgehead atoms. The molecule has 25 heavy (non-hydrogen) atoms. The molecule has 2 aromatic carbocycles. The minimum atomic E-state index is -3.48. The van der Waals surface area contributed by atoms with Crippen LogP contribution in [0, 0.1) is 0 Å². The molecule has 2 N–H and O–H groups in total. The van der Waals surface area contributed by atoms with E-state index in [2.05, 4.69) is 0 Å². The number of methoxy groups -OCH3 is 1. The summed E-state index contributed by atoms with van der Waals surface area (Å²) in [6.07, 6.45) is 1.38. The van der Waals surface area contributed by atoms with Gasteiger partial charge in [0.25, 0.3) is 0 Å². The largest absolute Gasteiger partial charge is 0.497 e. The van der Waals surface area contributed by atoms with Crippen LogP contribution in [0.15, 0.2) is 53.4 Å². The van der Waals surface area contributed by atoms with Gasteiger partial charge in [-0.3, -0.25) is 0 Å². The fourth-order valence-corrected chi connectivity index (χ4v) is 4.19. The van der Waals surface area contributed by atoms with Crippen molar-refractivity contribution < 1.29 is 17.9 Å². The van der Waals surface area contributed by atoms with Gasteiger partial charge in [-0.25, -0.2) is 8.42 Å². The SMILES string of the molecule is COc1ccc(Oc2ccc(S(=O)(=O)N3CCC(N)CC3)cc2)cc1. The Hall–Kier alpha value is -2.09. The van der Waals surface area contributed by atoms with Crippen LogP contribution in [0.5, 0.6) is 17.2 Å². The molecule has 0 aliphatic carbocycles. The average Bonchev–Trinajstić information content (AvgIpc) is 2.63. The van der Waals surface area contributed by atoms with Gasteiger partial charge in [0.2, 0.25) is 10.0 Å². The maximum absolute atomic E-state index is 12.7. The Labute approximate surface area is 148 Å². The van der Waals surface area contributed by atoms with Crippen molar-refractivity contribution in [2.24, 2.45) is 5.73 Å². The first-order chi connectivity index (χ1) is 12.0. The molecule has 0 atom stereocenters. The van der Waals surface area contributed by atoms with Crippen molar-refractivity contribution in [3.63, 3.8) is 0 Å². The molecule has 0 amide bonds. The molecule has 1 aliphatic rings. The van der Waals surface area contributed by atoms with Crippen LogP contribution in [-0.4, -0.2) is 39.0 Å². The molecule has 1 saturated heterocycles. The van der Waals surface area contributed by atoms with Crippen molar-refractivity contribution in [3.05, 3.63) is 48.5 Å². The van der Waals surface area contributed by atoms with Gasteiger partial charge < -0.3 is 15.2 Å². The van der Waals surface area contributed by atoms with E-state index in [0.717, 1.165) is 5.75 Å². The first kappa shape index (κ1) is 17.7. The molecule has 0 spiro atoms. The lowest BCUT2D eigenvalue weighted by Gasteiger charge is -2.29. The van der Waals surface area contributed by atoms with Gasteiger partial charge in [-0.2, -0.15) is 4.31 Å². The Kier molecular flexibility index (Phi) is 5.27. The first-order valence-electron chi connectivity index (χ1n) is 8.17. The molecule has 3 rings (SSSR count). The Morgan fingerprint density at radius 2 is 1.40 bits per heavy atom. The van der Waals surface area contributed by atoms with Crippen molar-refractivity contribution in [1.82, 2.24) is 4.31 Å². The zero-order valence-electron chi connectivity index (χ0n) is 14.1. The van der Waals surface area contributed by atoms with Gasteiger partial charge in [0, 0.05) is 19.1 Å². The lowest BCUT2D eigenvalue weighted by molar-refractivity contribution is 0.320. The van der Waals surface area contributed by atoms with Crippen molar-refractivity contribution in [1.29, 1.82) is 0 Å². The predicted molar refractivity (Wildman–Crippen MR) is 95.5 cm³/mol. The molecule has 1 fully saturated rings. The summed E-state index contributed by atoms with van der Waals surface area (Å²) >= 11 is 0. The normalized spacial score (nSPS) is 16.6. The molecule has 0 saturated carbocycles. The second-order valence-electron chi connectivity index (χ2n) is 5.99. The molecule has 0 aromatic heterocycles. The van der Waals surface area contributed by atoms with Crippen LogP contribution in [-0.2, 0) is 10.0 Å². The summed E-state index contributed by atoms with van der Waals surface area (Å²) < 4.78 is 37.7. The lowest BCUT2D eigenvalue weighted by atomic mass is 10.1. The summed E-state index contributed by atoms with van der Waals surface area (Å²) in [5.41, 5.74) is 5.84. The minimum absolute atomic E-state index is 0.0896. The van der Waals surface area contributed by atoms with Crippen LogP contribution in [0.2, 0.25) is 0 Å². The molecule has 1 aliphatic heterocycles. The second kappa shape index (κ2) is 7.43. The second-order valence-corrected chi connectivity index (χ2v) is 7.93. The fourth-order valence-electron chi connectivity index (χ4n) is 2.72. The van der Waals surface area contributed by atoms with E-state index in [1.54, 1.807) is 55.6 Å². The standard InChI is InChI=1S/C18H22N2O4S/c1-23-15-2-4-16(5-3-15)24-17-6-8-18(9-7-17)25(21,22)20-12-10-14(19)11-13-20/h2-9,14H,10-13,19H2,1H3. The van der Waals surface area contributed by atoms with E-state index < -0.39 is 10.0 Å². The van der Waals surface area contributed by atoms with E-state index in [4.69, 9.17) is 15.2 Å². The highest BCUT2D eigenvalue weighted by Gasteiger charge is 2.28. The summed E-state index contributed by atoms with van der Waals surface area (Å²) in [5.74, 6) is 1.97. The zero-order chi connectivity index (χ0) is 17.9. The van der Waals surface area contributed by atoms with Gasteiger partial charge in [-0.1, -0.05) is 0 Å². The lowest BCUT2D eigenvalue weighted by Crippen LogP contribution is -2.42. The number of ether oxygens (including phenoxy) is 2. The maximum Gasteiger partial charge on any atom is 0.243 e. The van der Waals surface area contributed by atoms with Crippen molar-refractivity contribution in [2.45, 2.75) is 23.8 Å². The van der Waals surface area contributed by atoms with Crippen LogP contribution in [0.1, 0.15) is 12.8 Å². The highest BCUT2D eigenvalue weighted by atomic mass is 32.2. The smallest absolute Gasteiger partial charge is 0.243 e. The summed E-state index contributed by atoms with van der Waals surface area (Å²) in [5, 5.41) is 0. The quantitative estimate of drug-likeness (QED) is 0.884. The van der Waals surface area contributed by atoms with Crippen LogP contribution in [0.25, 0.3) is 0 Å². The summed E-state index contributed by atoms with van der Waals surface area (Å²) in [6.45, 7) is 0.932. The number of piperidine rings is 1. The highest BCUT2D eigenvalue weighted by molar-refractivity contribution is 7.89. The third-order valence-electron chi connectivity index (χ3n) is 4.26. The van der Waals surface area contributed by atoms with E-state index in [1.807, 2.05) is 0 Å². The maximum atomic E-state index is 12.7. The Balaban J connectivity index is 1.70. The summed E-state index contributed by atoms with van der Waals surface area (Å²) in [7, 11) is -1.88. The molecule has 0 radical (unpaired) electrons. The average molecular weight is 362 g/mol. The van der Waals surface area contributed by atoms with E-state index in [0.29, 0.717) is 37.4 Å². The topological polar surface area (TPSA) is 81.9 Å². The first-order valence-corrected chi connectivity index (χ1v) is 9.61. The van der Waals surface area contributed by atoms with E-state index in [1.165, 1.54) is 4.31 Å². The number of hydrogen-bond donors (Lipinski definition) is 1. The van der Waals surface area contributed by atoms with Crippen molar-refractivity contribution in [3.8, 4) is 17.2 Å². The molecule has 134 valence electrons. The number of nitrogens with two attached hydrogens (primary N) is 1. The molecule has 0 unspecified atom stereocenters. The third-order valence-corrected chi connectivity index (χ3v) is 6.17. The molecule has 7 heteroatoms. The number of hydrogen-bond acceptors (Lipinski definition) is 5. The number of rotatable bonds is 5. The molecular formula is C18H22N2O4S. The van der Waals surface area contributed by atoms with Crippen molar-refractivity contribution in [2.75, 3.05) is 20.2 Å². The van der Waals surface area contributed by atoms with Crippen LogP contribution in [0.4, 0.5) is 0 Å². The fraction of sp³-hybridized carbons (Fsp3) is 0.333. The van der Waals surface area contributed by atoms with E-state index >= 15 is 0 Å². The van der Waals surface area contributed by atoms with Gasteiger partial charge in [0.15, 0.2) is 0 Å². The number of nitrogens with zero attached hydrogens (tertiary/aromatic N) is 1. The third kappa shape index (κ3) is 4.12. The number of benzene rings is 2. The Bertz CT molecular complexity index is 796. The van der Waals surface area contributed by atoms with Crippen LogP contribution < -0.4 is 15.2 Å². The molecule has 6 nitrogen and oxygen atoms in total. The Morgan fingerprint density at radius 1 is 0.920 bits per heavy atom. The Morgan fingerprint density at radius 3 is 1.92 bits per heavy atom. The van der Waals surface area contributed by atoms with E-state index in [-0.39, 0.29) is 10.9 Å². The van der Waals surface area contributed by atoms with Gasteiger partial charge in [0.1, 0.15) is 17.2 Å². The monoisotopic (exact) mass is 362 g/mol. The van der Waals surface area contributed by atoms with E-state index in [9.17, 15) is 8.42 Å². The van der Waals surface area contributed by atoms with Gasteiger partial charge >= 0.3 is 0 Å². The molecular weight excluding hydrogens is 340 g/mol. The van der Waals surface area contributed by atoms with Crippen LogP contribution in [0.3, 0.4) is 0 Å². The zero-order valence-corrected chi connectivity index (χ0v) is 14.9. The molecule has 2 aromatic rings. The van der Waals surface area contributed by atoms with Crippen LogP contribution >= 0.6 is 0 Å². The van der Waals surface area contributed by atoms with Crippen molar-refractivity contribution >= 4 is 10.0 Å². The van der Waals surface area contributed by atoms with Gasteiger partial charge in [-0.15, -0.1) is 0 Å². The molecule has 1 heterocycles. The highest BCUT2D eigenvalue weighted by Crippen LogP contribution is 2.26. The van der Waals surface area contributed by atoms with Gasteiger partial charge in [0.05, 0.1) is 12.0 Å². The number of sulfonamides is 1. The summed E-state index contributed by atoms with van der Waals surface area (Å²) in [6, 6.07) is 13.7. The summed E-state index contributed by atoms with van der Waals surface area (Å²) in [4.78, 5) is 0.269. The van der Waals surface area contributed by atoms with Gasteiger partial charge in [-0.05, 0) is 61.4 Å². The minimum Gasteiger partial charge on any atom is -0.497 e.